The average Bonchev–Trinajstić information content (AvgIpc) is 2.90. The molecule has 0 aromatic carbocycles. The molecule has 0 aliphatic carbocycles. The molecule has 0 radical (unpaired) electrons. The van der Waals surface area contributed by atoms with Gasteiger partial charge in [-0.25, -0.2) is 4.98 Å². The Balaban J connectivity index is 0.00000288. The second-order valence-electron chi connectivity index (χ2n) is 6.93. The number of hydrogen-bond acceptors (Lipinski definition) is 3. The molecule has 0 bridgehead atoms. The number of piperidine rings is 1. The first-order valence-corrected chi connectivity index (χ1v) is 9.90. The maximum Gasteiger partial charge on any atom is 0.193 e. The van der Waals surface area contributed by atoms with Crippen LogP contribution in [0.3, 0.4) is 0 Å². The number of guanidine groups is 1. The van der Waals surface area contributed by atoms with Crippen molar-refractivity contribution in [2.45, 2.75) is 53.4 Å². The number of likely N-dealkylation sites (tertiary alicyclic amines) is 1. The number of thiazole rings is 1. The van der Waals surface area contributed by atoms with Crippen molar-refractivity contribution < 1.29 is 0 Å². The van der Waals surface area contributed by atoms with E-state index in [-0.39, 0.29) is 24.0 Å². The van der Waals surface area contributed by atoms with Gasteiger partial charge in [0.25, 0.3) is 0 Å². The largest absolute Gasteiger partial charge is 0.357 e. The van der Waals surface area contributed by atoms with Crippen molar-refractivity contribution in [2.24, 2.45) is 16.8 Å². The minimum atomic E-state index is 0. The molecule has 1 aromatic heterocycles. The van der Waals surface area contributed by atoms with Crippen LogP contribution in [0.2, 0.25) is 0 Å². The van der Waals surface area contributed by atoms with Crippen molar-refractivity contribution in [3.8, 4) is 0 Å². The second-order valence-corrected chi connectivity index (χ2v) is 7.87. The molecule has 2 unspecified atom stereocenters. The van der Waals surface area contributed by atoms with Crippen LogP contribution in [0, 0.1) is 18.8 Å². The van der Waals surface area contributed by atoms with E-state index in [0.29, 0.717) is 0 Å². The molecule has 1 aliphatic rings. The van der Waals surface area contributed by atoms with Crippen LogP contribution < -0.4 is 5.32 Å². The Morgan fingerprint density at radius 3 is 2.62 bits per heavy atom. The molecule has 0 spiro atoms. The van der Waals surface area contributed by atoms with E-state index in [1.807, 2.05) is 0 Å². The second kappa shape index (κ2) is 11.3. The van der Waals surface area contributed by atoms with Crippen LogP contribution in [0.5, 0.6) is 0 Å². The van der Waals surface area contributed by atoms with Gasteiger partial charge in [-0.1, -0.05) is 13.8 Å². The molecule has 2 rings (SSSR count). The number of aryl methyl sites for hydroxylation is 2. The number of rotatable bonds is 6. The summed E-state index contributed by atoms with van der Waals surface area (Å²) in [5.41, 5.74) is 1.14. The van der Waals surface area contributed by atoms with Crippen LogP contribution in [-0.2, 0) is 6.42 Å². The van der Waals surface area contributed by atoms with Crippen molar-refractivity contribution in [1.29, 1.82) is 0 Å². The van der Waals surface area contributed by atoms with Crippen LogP contribution in [-0.4, -0.2) is 42.0 Å². The lowest BCUT2D eigenvalue weighted by Crippen LogP contribution is -2.48. The minimum Gasteiger partial charge on any atom is -0.357 e. The fourth-order valence-corrected chi connectivity index (χ4v) is 4.17. The molecule has 1 aliphatic heterocycles. The van der Waals surface area contributed by atoms with Gasteiger partial charge in [0.05, 0.1) is 5.01 Å². The van der Waals surface area contributed by atoms with Crippen LogP contribution >= 0.6 is 35.3 Å². The Bertz CT molecular complexity index is 493. The fourth-order valence-electron chi connectivity index (χ4n) is 3.35. The highest BCUT2D eigenvalue weighted by Crippen LogP contribution is 2.21. The van der Waals surface area contributed by atoms with E-state index in [1.54, 1.807) is 11.3 Å². The molecule has 6 heteroatoms. The third-order valence-electron chi connectivity index (χ3n) is 4.23. The SMILES string of the molecule is CCNC(=NCCCCc1nc(C)cs1)N1CC(C)CC(C)C1.I. The van der Waals surface area contributed by atoms with E-state index in [4.69, 9.17) is 4.99 Å². The van der Waals surface area contributed by atoms with Gasteiger partial charge in [-0.3, -0.25) is 4.99 Å². The summed E-state index contributed by atoms with van der Waals surface area (Å²) in [6, 6.07) is 0. The normalized spacial score (nSPS) is 21.5. The lowest BCUT2D eigenvalue weighted by molar-refractivity contribution is 0.208. The standard InChI is InChI=1S/C18H32N4S.HI/c1-5-19-18(22-11-14(2)10-15(3)12-22)20-9-7-6-8-17-21-16(4)13-23-17;/h13-15H,5-12H2,1-4H3,(H,19,20);1H. The first kappa shape index (κ1) is 21.7. The average molecular weight is 464 g/mol. The lowest BCUT2D eigenvalue weighted by Gasteiger charge is -2.37. The predicted octanol–water partition coefficient (Wildman–Crippen LogP) is 4.34. The van der Waals surface area contributed by atoms with Gasteiger partial charge < -0.3 is 10.2 Å². The Hall–Kier alpha value is -0.370. The molecule has 1 N–H and O–H groups in total. The van der Waals surface area contributed by atoms with Gasteiger partial charge in [-0.05, 0) is 51.4 Å². The molecule has 2 atom stereocenters. The number of hydrogen-bond donors (Lipinski definition) is 1. The molecule has 1 saturated heterocycles. The van der Waals surface area contributed by atoms with Crippen molar-refractivity contribution in [2.75, 3.05) is 26.2 Å². The molecule has 2 heterocycles. The zero-order valence-corrected chi connectivity index (χ0v) is 18.7. The van der Waals surface area contributed by atoms with E-state index in [2.05, 4.69) is 48.3 Å². The van der Waals surface area contributed by atoms with Gasteiger partial charge in [0.2, 0.25) is 0 Å². The van der Waals surface area contributed by atoms with Crippen LogP contribution in [0.4, 0.5) is 0 Å². The molecule has 0 saturated carbocycles. The summed E-state index contributed by atoms with van der Waals surface area (Å²) in [5, 5.41) is 6.87. The van der Waals surface area contributed by atoms with E-state index in [9.17, 15) is 0 Å². The summed E-state index contributed by atoms with van der Waals surface area (Å²) in [5.74, 6) is 2.63. The summed E-state index contributed by atoms with van der Waals surface area (Å²) in [4.78, 5) is 11.8. The predicted molar refractivity (Wildman–Crippen MR) is 116 cm³/mol. The molecule has 1 aromatic rings. The fraction of sp³-hybridized carbons (Fsp3) is 0.778. The Labute approximate surface area is 168 Å². The summed E-state index contributed by atoms with van der Waals surface area (Å²) in [6.07, 6.45) is 4.72. The zero-order valence-electron chi connectivity index (χ0n) is 15.5. The Morgan fingerprint density at radius 1 is 1.33 bits per heavy atom. The number of nitrogens with one attached hydrogen (secondary N) is 1. The van der Waals surface area contributed by atoms with Crippen LogP contribution in [0.15, 0.2) is 10.4 Å². The topological polar surface area (TPSA) is 40.5 Å². The van der Waals surface area contributed by atoms with Crippen molar-refractivity contribution >= 4 is 41.3 Å². The number of aromatic nitrogens is 1. The minimum absolute atomic E-state index is 0. The molecule has 4 nitrogen and oxygen atoms in total. The Kier molecular flexibility index (Phi) is 10.2. The summed E-state index contributed by atoms with van der Waals surface area (Å²) in [6.45, 7) is 13.0. The zero-order chi connectivity index (χ0) is 16.7. The first-order chi connectivity index (χ1) is 11.1. The third kappa shape index (κ3) is 7.25. The number of nitrogens with zero attached hydrogens (tertiary/aromatic N) is 3. The summed E-state index contributed by atoms with van der Waals surface area (Å²) >= 11 is 1.78. The highest BCUT2D eigenvalue weighted by atomic mass is 127. The van der Waals surface area contributed by atoms with Gasteiger partial charge in [0, 0.05) is 37.3 Å². The van der Waals surface area contributed by atoms with Crippen molar-refractivity contribution in [3.63, 3.8) is 0 Å². The van der Waals surface area contributed by atoms with Gasteiger partial charge in [0.1, 0.15) is 0 Å². The number of aliphatic imine (C=N–C) groups is 1. The first-order valence-electron chi connectivity index (χ1n) is 9.02. The lowest BCUT2D eigenvalue weighted by atomic mass is 9.92. The van der Waals surface area contributed by atoms with Gasteiger partial charge in [0.15, 0.2) is 5.96 Å². The van der Waals surface area contributed by atoms with Crippen LogP contribution in [0.25, 0.3) is 0 Å². The monoisotopic (exact) mass is 464 g/mol. The van der Waals surface area contributed by atoms with Crippen molar-refractivity contribution in [1.82, 2.24) is 15.2 Å². The molecule has 24 heavy (non-hydrogen) atoms. The van der Waals surface area contributed by atoms with Crippen molar-refractivity contribution in [3.05, 3.63) is 16.1 Å². The number of unbranched alkanes of at least 4 members (excludes halogenated alkanes) is 1. The third-order valence-corrected chi connectivity index (χ3v) is 5.26. The molecule has 0 amide bonds. The van der Waals surface area contributed by atoms with Crippen LogP contribution in [0.1, 0.15) is 50.7 Å². The highest BCUT2D eigenvalue weighted by Gasteiger charge is 2.23. The Morgan fingerprint density at radius 2 is 2.04 bits per heavy atom. The maximum absolute atomic E-state index is 4.86. The van der Waals surface area contributed by atoms with E-state index in [1.165, 1.54) is 17.8 Å². The quantitative estimate of drug-likeness (QED) is 0.295. The van der Waals surface area contributed by atoms with Gasteiger partial charge in [-0.15, -0.1) is 35.3 Å². The summed E-state index contributed by atoms with van der Waals surface area (Å²) < 4.78 is 0. The molecular formula is C18H33IN4S. The maximum atomic E-state index is 4.86. The molecular weight excluding hydrogens is 431 g/mol. The molecule has 138 valence electrons. The highest BCUT2D eigenvalue weighted by molar-refractivity contribution is 14.0. The van der Waals surface area contributed by atoms with Gasteiger partial charge in [-0.2, -0.15) is 0 Å². The van der Waals surface area contributed by atoms with E-state index < -0.39 is 0 Å². The summed E-state index contributed by atoms with van der Waals surface area (Å²) in [7, 11) is 0. The molecule has 1 fully saturated rings. The smallest absolute Gasteiger partial charge is 0.193 e. The number of halogens is 1. The van der Waals surface area contributed by atoms with Gasteiger partial charge >= 0.3 is 0 Å². The van der Waals surface area contributed by atoms with E-state index in [0.717, 1.165) is 62.5 Å². The van der Waals surface area contributed by atoms with E-state index >= 15 is 0 Å².